The molecular weight excluding hydrogens is 406 g/mol. The number of esters is 1. The van der Waals surface area contributed by atoms with Crippen molar-refractivity contribution >= 4 is 5.97 Å². The molecule has 2 nitrogen and oxygen atoms in total. The minimum atomic E-state index is -0.927. The average molecular weight is 437 g/mol. The highest BCUT2D eigenvalue weighted by atomic mass is 19.1. The van der Waals surface area contributed by atoms with Crippen LogP contribution in [0.1, 0.15) is 85.7 Å². The Bertz CT molecular complexity index is 966. The third-order valence-electron chi connectivity index (χ3n) is 7.49. The molecule has 2 saturated carbocycles. The molecule has 32 heavy (non-hydrogen) atoms. The van der Waals surface area contributed by atoms with E-state index in [9.17, 15) is 13.6 Å². The SMILES string of the molecule is C#Cc1c(F)cc(OC(=O)c2ccc(C3CCC(C4CCC(C)CC4)CC3)cc2)cc1F. The quantitative estimate of drug-likeness (QED) is 0.286. The van der Waals surface area contributed by atoms with Crippen molar-refractivity contribution < 1.29 is 18.3 Å². The van der Waals surface area contributed by atoms with Crippen LogP contribution in [0.25, 0.3) is 0 Å². The van der Waals surface area contributed by atoms with Gasteiger partial charge in [-0.3, -0.25) is 0 Å². The van der Waals surface area contributed by atoms with Gasteiger partial charge in [0, 0.05) is 12.1 Å². The first-order valence-corrected chi connectivity index (χ1v) is 11.7. The smallest absolute Gasteiger partial charge is 0.343 e. The van der Waals surface area contributed by atoms with E-state index in [1.54, 1.807) is 12.1 Å². The van der Waals surface area contributed by atoms with E-state index >= 15 is 0 Å². The zero-order chi connectivity index (χ0) is 22.7. The third kappa shape index (κ3) is 5.04. The first kappa shape index (κ1) is 22.5. The largest absolute Gasteiger partial charge is 0.423 e. The van der Waals surface area contributed by atoms with Gasteiger partial charge in [-0.1, -0.05) is 37.8 Å². The average Bonchev–Trinajstić information content (AvgIpc) is 2.80. The van der Waals surface area contributed by atoms with Crippen LogP contribution < -0.4 is 4.74 Å². The summed E-state index contributed by atoms with van der Waals surface area (Å²) in [6, 6.07) is 9.27. The lowest BCUT2D eigenvalue weighted by Gasteiger charge is -2.37. The van der Waals surface area contributed by atoms with E-state index in [4.69, 9.17) is 11.2 Å². The van der Waals surface area contributed by atoms with Gasteiger partial charge in [-0.05, 0) is 79.9 Å². The normalized spacial score (nSPS) is 25.7. The van der Waals surface area contributed by atoms with Crippen molar-refractivity contribution in [2.45, 2.75) is 64.2 Å². The number of ether oxygens (including phenoxy) is 1. The Kier molecular flexibility index (Phi) is 6.94. The molecule has 2 aromatic rings. The predicted molar refractivity (Wildman–Crippen MR) is 122 cm³/mol. The fourth-order valence-electron chi connectivity index (χ4n) is 5.49. The number of terminal acetylenes is 1. The number of halogens is 2. The van der Waals surface area contributed by atoms with Gasteiger partial charge in [0.2, 0.25) is 0 Å². The highest BCUT2D eigenvalue weighted by Gasteiger charge is 2.30. The Hall–Kier alpha value is -2.67. The lowest BCUT2D eigenvalue weighted by Crippen LogP contribution is -2.24. The molecule has 0 aromatic heterocycles. The van der Waals surface area contributed by atoms with E-state index in [-0.39, 0.29) is 5.75 Å². The number of hydrogen-bond acceptors (Lipinski definition) is 2. The second-order valence-corrected chi connectivity index (χ2v) is 9.55. The summed E-state index contributed by atoms with van der Waals surface area (Å²) < 4.78 is 32.8. The number of benzene rings is 2. The Morgan fingerprint density at radius 1 is 0.906 bits per heavy atom. The van der Waals surface area contributed by atoms with Crippen LogP contribution in [0.15, 0.2) is 36.4 Å². The van der Waals surface area contributed by atoms with Gasteiger partial charge >= 0.3 is 5.97 Å². The zero-order valence-corrected chi connectivity index (χ0v) is 18.6. The highest BCUT2D eigenvalue weighted by molar-refractivity contribution is 5.91. The van der Waals surface area contributed by atoms with Crippen molar-refractivity contribution in [3.8, 4) is 18.1 Å². The van der Waals surface area contributed by atoms with Crippen molar-refractivity contribution in [1.29, 1.82) is 0 Å². The van der Waals surface area contributed by atoms with Gasteiger partial charge in [0.25, 0.3) is 0 Å². The van der Waals surface area contributed by atoms with Gasteiger partial charge in [-0.2, -0.15) is 0 Å². The Morgan fingerprint density at radius 2 is 1.44 bits per heavy atom. The summed E-state index contributed by atoms with van der Waals surface area (Å²) in [6.07, 6.45) is 15.6. The summed E-state index contributed by atoms with van der Waals surface area (Å²) in [5.41, 5.74) is 1.12. The van der Waals surface area contributed by atoms with Crippen LogP contribution in [-0.2, 0) is 0 Å². The first-order chi connectivity index (χ1) is 15.4. The van der Waals surface area contributed by atoms with Crippen molar-refractivity contribution in [1.82, 2.24) is 0 Å². The van der Waals surface area contributed by atoms with Gasteiger partial charge in [-0.25, -0.2) is 13.6 Å². The fraction of sp³-hybridized carbons (Fsp3) is 0.464. The van der Waals surface area contributed by atoms with Crippen LogP contribution >= 0.6 is 0 Å². The summed E-state index contributed by atoms with van der Waals surface area (Å²) in [5.74, 6) is 2.44. The van der Waals surface area contributed by atoms with Crippen molar-refractivity contribution in [2.75, 3.05) is 0 Å². The molecule has 4 heteroatoms. The second-order valence-electron chi connectivity index (χ2n) is 9.55. The predicted octanol–water partition coefficient (Wildman–Crippen LogP) is 7.27. The lowest BCUT2D eigenvalue weighted by molar-refractivity contribution is 0.0734. The maximum Gasteiger partial charge on any atom is 0.343 e. The molecule has 0 atom stereocenters. The standard InChI is InChI=1S/C28H30F2O2/c1-3-25-26(29)16-24(17-27(25)30)32-28(31)23-14-12-22(13-15-23)21-10-8-20(9-11-21)19-6-4-18(2)5-7-19/h1,12-21H,4-11H2,2H3. The van der Waals surface area contributed by atoms with E-state index in [1.165, 1.54) is 56.9 Å². The molecule has 2 aromatic carbocycles. The maximum absolute atomic E-state index is 13.8. The van der Waals surface area contributed by atoms with Crippen LogP contribution in [0.5, 0.6) is 5.75 Å². The molecular formula is C28H30F2O2. The molecule has 4 rings (SSSR count). The van der Waals surface area contributed by atoms with Crippen LogP contribution in [0.2, 0.25) is 0 Å². The monoisotopic (exact) mass is 436 g/mol. The molecule has 0 unspecified atom stereocenters. The lowest BCUT2D eigenvalue weighted by atomic mass is 9.68. The molecule has 0 radical (unpaired) electrons. The van der Waals surface area contributed by atoms with Crippen molar-refractivity contribution in [3.05, 3.63) is 64.7 Å². The molecule has 0 spiro atoms. The first-order valence-electron chi connectivity index (χ1n) is 11.7. The number of carbonyl (C=O) groups is 1. The fourth-order valence-corrected chi connectivity index (χ4v) is 5.49. The Morgan fingerprint density at radius 3 is 1.97 bits per heavy atom. The van der Waals surface area contributed by atoms with Gasteiger partial charge in [0.05, 0.1) is 11.1 Å². The van der Waals surface area contributed by atoms with E-state index in [2.05, 4.69) is 6.92 Å². The highest BCUT2D eigenvalue weighted by Crippen LogP contribution is 2.43. The Labute approximate surface area is 189 Å². The molecule has 0 heterocycles. The minimum absolute atomic E-state index is 0.205. The second kappa shape index (κ2) is 9.86. The Balaban J connectivity index is 1.33. The summed E-state index contributed by atoms with van der Waals surface area (Å²) >= 11 is 0. The molecule has 2 fully saturated rings. The molecule has 0 N–H and O–H groups in total. The molecule has 0 saturated heterocycles. The van der Waals surface area contributed by atoms with E-state index in [0.717, 1.165) is 29.9 Å². The summed E-state index contributed by atoms with van der Waals surface area (Å²) in [7, 11) is 0. The molecule has 2 aliphatic rings. The van der Waals surface area contributed by atoms with E-state index in [0.29, 0.717) is 11.5 Å². The molecule has 2 aliphatic carbocycles. The van der Waals surface area contributed by atoms with E-state index in [1.807, 2.05) is 18.1 Å². The van der Waals surface area contributed by atoms with Gasteiger partial charge in [-0.15, -0.1) is 6.42 Å². The summed E-state index contributed by atoms with van der Waals surface area (Å²) in [4.78, 5) is 12.4. The molecule has 0 aliphatic heterocycles. The summed E-state index contributed by atoms with van der Waals surface area (Å²) in [6.45, 7) is 2.37. The maximum atomic E-state index is 13.8. The van der Waals surface area contributed by atoms with Crippen LogP contribution in [0, 0.1) is 41.7 Å². The topological polar surface area (TPSA) is 26.3 Å². The van der Waals surface area contributed by atoms with Crippen molar-refractivity contribution in [2.24, 2.45) is 17.8 Å². The van der Waals surface area contributed by atoms with Crippen molar-refractivity contribution in [3.63, 3.8) is 0 Å². The van der Waals surface area contributed by atoms with Crippen LogP contribution in [0.4, 0.5) is 8.78 Å². The van der Waals surface area contributed by atoms with Crippen LogP contribution in [-0.4, -0.2) is 5.97 Å². The zero-order valence-electron chi connectivity index (χ0n) is 18.6. The van der Waals surface area contributed by atoms with E-state index < -0.39 is 23.2 Å². The number of carbonyl (C=O) groups excluding carboxylic acids is 1. The minimum Gasteiger partial charge on any atom is -0.423 e. The van der Waals surface area contributed by atoms with Crippen LogP contribution in [0.3, 0.4) is 0 Å². The number of rotatable bonds is 4. The molecule has 0 amide bonds. The molecule has 168 valence electrons. The number of hydrogen-bond donors (Lipinski definition) is 0. The van der Waals surface area contributed by atoms with Gasteiger partial charge in [0.1, 0.15) is 17.4 Å². The van der Waals surface area contributed by atoms with Gasteiger partial charge < -0.3 is 4.74 Å². The van der Waals surface area contributed by atoms with Gasteiger partial charge in [0.15, 0.2) is 0 Å². The third-order valence-corrected chi connectivity index (χ3v) is 7.49. The molecule has 0 bridgehead atoms. The summed E-state index contributed by atoms with van der Waals surface area (Å²) in [5, 5.41) is 0.